The normalized spacial score (nSPS) is 11.6. The molecule has 1 rings (SSSR count). The molecule has 1 aromatic rings. The van der Waals surface area contributed by atoms with Crippen LogP contribution in [-0.4, -0.2) is 26.3 Å². The number of aryl methyl sites for hydroxylation is 2. The van der Waals surface area contributed by atoms with Crippen LogP contribution in [0.25, 0.3) is 0 Å². The van der Waals surface area contributed by atoms with Gasteiger partial charge in [0.25, 0.3) is 0 Å². The van der Waals surface area contributed by atoms with Crippen molar-refractivity contribution in [2.75, 3.05) is 7.05 Å². The Hall–Kier alpha value is -0.920. The molecule has 0 aliphatic carbocycles. The summed E-state index contributed by atoms with van der Waals surface area (Å²) in [6, 6.07) is 2.06. The van der Waals surface area contributed by atoms with Crippen LogP contribution in [0.4, 0.5) is 0 Å². The Morgan fingerprint density at radius 1 is 1.69 bits per heavy atom. The number of nitrogens with one attached hydrogen (secondary N) is 2. The van der Waals surface area contributed by atoms with Gasteiger partial charge in [0.1, 0.15) is 3.72 Å². The van der Waals surface area contributed by atoms with E-state index in [1.165, 1.54) is 0 Å². The van der Waals surface area contributed by atoms with E-state index in [9.17, 15) is 0 Å². The molecule has 0 aliphatic heterocycles. The Bertz CT molecular complexity index is 407. The molecule has 0 unspecified atom stereocenters. The van der Waals surface area contributed by atoms with E-state index in [4.69, 9.17) is 5.41 Å². The molecular formula is C10H16IN5. The van der Waals surface area contributed by atoms with Gasteiger partial charge >= 0.3 is 0 Å². The van der Waals surface area contributed by atoms with E-state index < -0.39 is 0 Å². The van der Waals surface area contributed by atoms with E-state index in [1.807, 2.05) is 34.3 Å². The van der Waals surface area contributed by atoms with E-state index in [0.717, 1.165) is 23.5 Å². The van der Waals surface area contributed by atoms with Crippen molar-refractivity contribution >= 4 is 32.0 Å². The molecule has 0 amide bonds. The molecular weight excluding hydrogens is 317 g/mol. The smallest absolute Gasteiger partial charge is 0.116 e. The van der Waals surface area contributed by atoms with Gasteiger partial charge in [-0.15, -0.1) is 0 Å². The summed E-state index contributed by atoms with van der Waals surface area (Å²) < 4.78 is 2.30. The summed E-state index contributed by atoms with van der Waals surface area (Å²) in [6.07, 6.45) is 1.56. The zero-order valence-electron chi connectivity index (χ0n) is 9.71. The van der Waals surface area contributed by atoms with Gasteiger partial charge in [0.2, 0.25) is 0 Å². The average Bonchev–Trinajstić information content (AvgIpc) is 2.59. The van der Waals surface area contributed by atoms with E-state index in [1.54, 1.807) is 7.05 Å². The second kappa shape index (κ2) is 5.97. The topological polar surface area (TPSA) is 66.1 Å². The fourth-order valence-corrected chi connectivity index (χ4v) is 1.69. The SMILES string of the molecule is CCc1cc(C/C(=N/NC)C(=N)I)n(C)n1. The summed E-state index contributed by atoms with van der Waals surface area (Å²) in [5.74, 6) is 0. The summed E-state index contributed by atoms with van der Waals surface area (Å²) >= 11 is 1.97. The average molecular weight is 333 g/mol. The van der Waals surface area contributed by atoms with Crippen molar-refractivity contribution in [2.45, 2.75) is 19.8 Å². The molecule has 2 N–H and O–H groups in total. The van der Waals surface area contributed by atoms with Crippen LogP contribution in [0.15, 0.2) is 11.2 Å². The molecule has 1 aromatic heterocycles. The lowest BCUT2D eigenvalue weighted by Gasteiger charge is -2.03. The Morgan fingerprint density at radius 3 is 2.81 bits per heavy atom. The Labute approximate surface area is 109 Å². The van der Waals surface area contributed by atoms with Gasteiger partial charge in [0.05, 0.1) is 11.4 Å². The van der Waals surface area contributed by atoms with Crippen LogP contribution in [0.2, 0.25) is 0 Å². The first kappa shape index (κ1) is 13.1. The molecule has 0 aliphatic rings. The lowest BCUT2D eigenvalue weighted by Crippen LogP contribution is -2.16. The molecule has 0 saturated heterocycles. The van der Waals surface area contributed by atoms with Gasteiger partial charge in [0, 0.05) is 26.2 Å². The third kappa shape index (κ3) is 3.29. The molecule has 0 aromatic carbocycles. The lowest BCUT2D eigenvalue weighted by molar-refractivity contribution is 0.715. The number of hydrogen-bond donors (Lipinski definition) is 2. The molecule has 0 fully saturated rings. The quantitative estimate of drug-likeness (QED) is 0.487. The van der Waals surface area contributed by atoms with Crippen molar-refractivity contribution in [1.82, 2.24) is 15.2 Å². The van der Waals surface area contributed by atoms with Crippen LogP contribution >= 0.6 is 22.6 Å². The minimum atomic E-state index is 0.450. The standard InChI is InChI=1S/C10H16IN5/c1-4-7-5-8(16(3)15-7)6-9(10(11)12)14-13-2/h5,12-13H,4,6H2,1-3H3/b12-10?,14-9-. The maximum atomic E-state index is 7.61. The molecule has 1 heterocycles. The maximum absolute atomic E-state index is 7.61. The number of halogens is 1. The monoisotopic (exact) mass is 333 g/mol. The van der Waals surface area contributed by atoms with Crippen molar-refractivity contribution in [3.63, 3.8) is 0 Å². The summed E-state index contributed by atoms with van der Waals surface area (Å²) in [5, 5.41) is 16.1. The fraction of sp³-hybridized carbons (Fsp3) is 0.500. The Balaban J connectivity index is 2.89. The first-order valence-corrected chi connectivity index (χ1v) is 6.15. The fourth-order valence-electron chi connectivity index (χ4n) is 1.38. The van der Waals surface area contributed by atoms with Crippen molar-refractivity contribution < 1.29 is 0 Å². The molecule has 0 atom stereocenters. The van der Waals surface area contributed by atoms with Gasteiger partial charge in [0.15, 0.2) is 0 Å². The summed E-state index contributed by atoms with van der Waals surface area (Å²) in [6.45, 7) is 2.08. The zero-order chi connectivity index (χ0) is 12.1. The Kier molecular flexibility index (Phi) is 4.91. The molecule has 0 radical (unpaired) electrons. The highest BCUT2D eigenvalue weighted by Crippen LogP contribution is 2.07. The lowest BCUT2D eigenvalue weighted by atomic mass is 10.2. The highest BCUT2D eigenvalue weighted by molar-refractivity contribution is 14.1. The molecule has 16 heavy (non-hydrogen) atoms. The van der Waals surface area contributed by atoms with E-state index >= 15 is 0 Å². The predicted octanol–water partition coefficient (Wildman–Crippen LogP) is 1.51. The van der Waals surface area contributed by atoms with E-state index in [2.05, 4.69) is 28.6 Å². The predicted molar refractivity (Wildman–Crippen MR) is 74.5 cm³/mol. The largest absolute Gasteiger partial charge is 0.313 e. The van der Waals surface area contributed by atoms with Gasteiger partial charge in [-0.25, -0.2) is 0 Å². The van der Waals surface area contributed by atoms with Crippen LogP contribution in [-0.2, 0) is 19.9 Å². The van der Waals surface area contributed by atoms with Crippen molar-refractivity contribution in [2.24, 2.45) is 12.1 Å². The van der Waals surface area contributed by atoms with Crippen molar-refractivity contribution in [3.8, 4) is 0 Å². The van der Waals surface area contributed by atoms with Gasteiger partial charge < -0.3 is 5.43 Å². The molecule has 88 valence electrons. The summed E-state index contributed by atoms with van der Waals surface area (Å²) in [5.41, 5.74) is 5.60. The van der Waals surface area contributed by atoms with Gasteiger partial charge in [-0.05, 0) is 35.1 Å². The Morgan fingerprint density at radius 2 is 2.38 bits per heavy atom. The number of nitrogens with zero attached hydrogens (tertiary/aromatic N) is 3. The second-order valence-corrected chi connectivity index (χ2v) is 4.46. The van der Waals surface area contributed by atoms with Crippen LogP contribution < -0.4 is 5.43 Å². The van der Waals surface area contributed by atoms with Crippen LogP contribution in [0.3, 0.4) is 0 Å². The van der Waals surface area contributed by atoms with Crippen LogP contribution in [0.1, 0.15) is 18.3 Å². The first-order chi connectivity index (χ1) is 7.58. The number of rotatable bonds is 5. The second-order valence-electron chi connectivity index (χ2n) is 3.38. The van der Waals surface area contributed by atoms with E-state index in [-0.39, 0.29) is 0 Å². The van der Waals surface area contributed by atoms with Gasteiger partial charge in [-0.3, -0.25) is 10.1 Å². The third-order valence-corrected chi connectivity index (χ3v) is 2.86. The minimum absolute atomic E-state index is 0.450. The first-order valence-electron chi connectivity index (χ1n) is 5.08. The van der Waals surface area contributed by atoms with E-state index in [0.29, 0.717) is 10.1 Å². The summed E-state index contributed by atoms with van der Waals surface area (Å²) in [7, 11) is 3.66. The maximum Gasteiger partial charge on any atom is 0.116 e. The molecule has 0 spiro atoms. The summed E-state index contributed by atoms with van der Waals surface area (Å²) in [4.78, 5) is 0. The number of aromatic nitrogens is 2. The highest BCUT2D eigenvalue weighted by Gasteiger charge is 2.10. The number of hydrogen-bond acceptors (Lipinski definition) is 4. The zero-order valence-corrected chi connectivity index (χ0v) is 11.9. The van der Waals surface area contributed by atoms with Gasteiger partial charge in [-0.2, -0.15) is 10.2 Å². The molecule has 0 saturated carbocycles. The van der Waals surface area contributed by atoms with Gasteiger partial charge in [-0.1, -0.05) is 6.92 Å². The highest BCUT2D eigenvalue weighted by atomic mass is 127. The number of hydrazone groups is 1. The molecule has 0 bridgehead atoms. The van der Waals surface area contributed by atoms with Crippen LogP contribution in [0, 0.1) is 5.41 Å². The third-order valence-electron chi connectivity index (χ3n) is 2.24. The molecule has 5 nitrogen and oxygen atoms in total. The van der Waals surface area contributed by atoms with Crippen molar-refractivity contribution in [3.05, 3.63) is 17.5 Å². The van der Waals surface area contributed by atoms with Crippen molar-refractivity contribution in [1.29, 1.82) is 5.41 Å². The molecule has 6 heteroatoms. The van der Waals surface area contributed by atoms with Crippen LogP contribution in [0.5, 0.6) is 0 Å². The minimum Gasteiger partial charge on any atom is -0.313 e.